The van der Waals surface area contributed by atoms with Crippen LogP contribution in [0, 0.1) is 5.92 Å². The van der Waals surface area contributed by atoms with Crippen LogP contribution in [0.5, 0.6) is 0 Å². The first-order valence-corrected chi connectivity index (χ1v) is 5.25. The zero-order chi connectivity index (χ0) is 8.55. The predicted molar refractivity (Wildman–Crippen MR) is 51.0 cm³/mol. The van der Waals surface area contributed by atoms with Gasteiger partial charge in [0.1, 0.15) is 0 Å². The molecule has 1 saturated heterocycles. The Bertz CT molecular complexity index is 154. The van der Waals surface area contributed by atoms with Crippen LogP contribution in [-0.4, -0.2) is 30.6 Å². The Morgan fingerprint density at radius 3 is 2.58 bits per heavy atom. The first kappa shape index (κ1) is 8.52. The molecule has 0 spiro atoms. The lowest BCUT2D eigenvalue weighted by atomic mass is 9.94. The van der Waals surface area contributed by atoms with E-state index in [1.807, 2.05) is 0 Å². The molecule has 0 aromatic heterocycles. The first-order valence-electron chi connectivity index (χ1n) is 5.25. The standard InChI is InChI=1S/C10H20N2/c1-12-7-3-2-4-9(12)10(11)8-5-6-8/h8-10H,2-7,11H2,1H3. The smallest absolute Gasteiger partial charge is 0.0246 e. The molecule has 12 heavy (non-hydrogen) atoms. The summed E-state index contributed by atoms with van der Waals surface area (Å²) in [6, 6.07) is 1.15. The molecule has 0 aromatic carbocycles. The average Bonchev–Trinajstić information content (AvgIpc) is 2.86. The van der Waals surface area contributed by atoms with Crippen LogP contribution in [0.1, 0.15) is 32.1 Å². The van der Waals surface area contributed by atoms with Crippen LogP contribution < -0.4 is 5.73 Å². The van der Waals surface area contributed by atoms with Crippen molar-refractivity contribution in [3.63, 3.8) is 0 Å². The van der Waals surface area contributed by atoms with Crippen molar-refractivity contribution in [2.24, 2.45) is 11.7 Å². The maximum atomic E-state index is 6.20. The summed E-state index contributed by atoms with van der Waals surface area (Å²) in [4.78, 5) is 2.46. The fourth-order valence-corrected chi connectivity index (χ4v) is 2.38. The van der Waals surface area contributed by atoms with Gasteiger partial charge in [0.2, 0.25) is 0 Å². The maximum absolute atomic E-state index is 6.20. The van der Waals surface area contributed by atoms with Gasteiger partial charge in [-0.1, -0.05) is 6.42 Å². The molecule has 1 aliphatic heterocycles. The molecule has 70 valence electrons. The Balaban J connectivity index is 1.90. The Kier molecular flexibility index (Phi) is 2.37. The highest BCUT2D eigenvalue weighted by atomic mass is 15.2. The molecule has 2 unspecified atom stereocenters. The van der Waals surface area contributed by atoms with Crippen LogP contribution in [0.15, 0.2) is 0 Å². The Labute approximate surface area is 75.1 Å². The van der Waals surface area contributed by atoms with Gasteiger partial charge in [-0.2, -0.15) is 0 Å². The van der Waals surface area contributed by atoms with Crippen molar-refractivity contribution < 1.29 is 0 Å². The van der Waals surface area contributed by atoms with E-state index in [0.717, 1.165) is 5.92 Å². The minimum absolute atomic E-state index is 0.468. The van der Waals surface area contributed by atoms with Gasteiger partial charge in [-0.3, -0.25) is 0 Å². The molecule has 2 N–H and O–H groups in total. The number of nitrogens with zero attached hydrogens (tertiary/aromatic N) is 1. The van der Waals surface area contributed by atoms with E-state index < -0.39 is 0 Å². The third-order valence-electron chi connectivity index (χ3n) is 3.44. The molecule has 2 fully saturated rings. The highest BCUT2D eigenvalue weighted by Gasteiger charge is 2.36. The minimum Gasteiger partial charge on any atom is -0.326 e. The van der Waals surface area contributed by atoms with Gasteiger partial charge in [-0.25, -0.2) is 0 Å². The summed E-state index contributed by atoms with van der Waals surface area (Å²) >= 11 is 0. The second kappa shape index (κ2) is 3.35. The minimum atomic E-state index is 0.468. The fourth-order valence-electron chi connectivity index (χ4n) is 2.38. The Morgan fingerprint density at radius 2 is 2.00 bits per heavy atom. The first-order chi connectivity index (χ1) is 5.79. The second-order valence-corrected chi connectivity index (χ2v) is 4.46. The summed E-state index contributed by atoms with van der Waals surface area (Å²) < 4.78 is 0. The van der Waals surface area contributed by atoms with E-state index in [2.05, 4.69) is 11.9 Å². The van der Waals surface area contributed by atoms with Crippen molar-refractivity contribution in [2.45, 2.75) is 44.2 Å². The van der Waals surface area contributed by atoms with E-state index >= 15 is 0 Å². The highest BCUT2D eigenvalue weighted by Crippen LogP contribution is 2.35. The SMILES string of the molecule is CN1CCCCC1C(N)C1CC1. The highest BCUT2D eigenvalue weighted by molar-refractivity contribution is 4.93. The van der Waals surface area contributed by atoms with E-state index in [9.17, 15) is 0 Å². The molecular weight excluding hydrogens is 148 g/mol. The second-order valence-electron chi connectivity index (χ2n) is 4.46. The van der Waals surface area contributed by atoms with Crippen molar-refractivity contribution in [3.05, 3.63) is 0 Å². The number of rotatable bonds is 2. The van der Waals surface area contributed by atoms with Gasteiger partial charge in [0.25, 0.3) is 0 Å². The van der Waals surface area contributed by atoms with Gasteiger partial charge in [0, 0.05) is 12.1 Å². The van der Waals surface area contributed by atoms with Crippen molar-refractivity contribution in [1.29, 1.82) is 0 Å². The third kappa shape index (κ3) is 1.64. The summed E-state index contributed by atoms with van der Waals surface area (Å²) in [6.45, 7) is 1.26. The average molecular weight is 168 g/mol. The molecule has 2 nitrogen and oxygen atoms in total. The third-order valence-corrected chi connectivity index (χ3v) is 3.44. The molecule has 0 aromatic rings. The quantitative estimate of drug-likeness (QED) is 0.671. The molecule has 0 bridgehead atoms. The molecule has 1 saturated carbocycles. The zero-order valence-electron chi connectivity index (χ0n) is 8.00. The number of likely N-dealkylation sites (tertiary alicyclic amines) is 1. The molecule has 2 heteroatoms. The van der Waals surface area contributed by atoms with Crippen molar-refractivity contribution in [2.75, 3.05) is 13.6 Å². The van der Waals surface area contributed by atoms with Crippen molar-refractivity contribution in [3.8, 4) is 0 Å². The Hall–Kier alpha value is -0.0800. The van der Waals surface area contributed by atoms with Crippen LogP contribution in [0.25, 0.3) is 0 Å². The van der Waals surface area contributed by atoms with E-state index in [1.165, 1.54) is 38.6 Å². The summed E-state index contributed by atoms with van der Waals surface area (Å²) in [6.07, 6.45) is 6.84. The lowest BCUT2D eigenvalue weighted by Crippen LogP contribution is -2.49. The molecule has 1 aliphatic carbocycles. The molecule has 0 radical (unpaired) electrons. The van der Waals surface area contributed by atoms with Crippen LogP contribution in [0.3, 0.4) is 0 Å². The van der Waals surface area contributed by atoms with Gasteiger partial charge < -0.3 is 10.6 Å². The van der Waals surface area contributed by atoms with Gasteiger partial charge in [-0.05, 0) is 45.2 Å². The van der Waals surface area contributed by atoms with E-state index in [1.54, 1.807) is 0 Å². The topological polar surface area (TPSA) is 29.3 Å². The summed E-state index contributed by atoms with van der Waals surface area (Å²) in [5.41, 5.74) is 6.20. The summed E-state index contributed by atoms with van der Waals surface area (Å²) in [5.74, 6) is 0.857. The van der Waals surface area contributed by atoms with Crippen LogP contribution in [-0.2, 0) is 0 Å². The van der Waals surface area contributed by atoms with E-state index in [0.29, 0.717) is 12.1 Å². The van der Waals surface area contributed by atoms with Gasteiger partial charge in [0.15, 0.2) is 0 Å². The number of piperidine rings is 1. The van der Waals surface area contributed by atoms with E-state index in [-0.39, 0.29) is 0 Å². The largest absolute Gasteiger partial charge is 0.326 e. The van der Waals surface area contributed by atoms with E-state index in [4.69, 9.17) is 5.73 Å². The van der Waals surface area contributed by atoms with Gasteiger partial charge in [0.05, 0.1) is 0 Å². The lowest BCUT2D eigenvalue weighted by Gasteiger charge is -2.36. The molecule has 0 amide bonds. The number of nitrogens with two attached hydrogens (primary N) is 1. The number of hydrogen-bond acceptors (Lipinski definition) is 2. The van der Waals surface area contributed by atoms with Crippen LogP contribution in [0.2, 0.25) is 0 Å². The molecule has 2 aliphatic rings. The lowest BCUT2D eigenvalue weighted by molar-refractivity contribution is 0.151. The molecule has 2 atom stereocenters. The number of likely N-dealkylation sites (N-methyl/N-ethyl adjacent to an activating group) is 1. The molecular formula is C10H20N2. The van der Waals surface area contributed by atoms with Crippen LogP contribution in [0.4, 0.5) is 0 Å². The Morgan fingerprint density at radius 1 is 1.25 bits per heavy atom. The van der Waals surface area contributed by atoms with Gasteiger partial charge in [-0.15, -0.1) is 0 Å². The summed E-state index contributed by atoms with van der Waals surface area (Å²) in [5, 5.41) is 0. The van der Waals surface area contributed by atoms with Crippen molar-refractivity contribution in [1.82, 2.24) is 4.90 Å². The number of hydrogen-bond donors (Lipinski definition) is 1. The van der Waals surface area contributed by atoms with Gasteiger partial charge >= 0.3 is 0 Å². The normalized spacial score (nSPS) is 35.0. The van der Waals surface area contributed by atoms with Crippen molar-refractivity contribution >= 4 is 0 Å². The molecule has 2 rings (SSSR count). The monoisotopic (exact) mass is 168 g/mol. The fraction of sp³-hybridized carbons (Fsp3) is 1.00. The zero-order valence-corrected chi connectivity index (χ0v) is 8.00. The van der Waals surface area contributed by atoms with Crippen LogP contribution >= 0.6 is 0 Å². The summed E-state index contributed by atoms with van der Waals surface area (Å²) in [7, 11) is 2.23. The predicted octanol–water partition coefficient (Wildman–Crippen LogP) is 1.21. The maximum Gasteiger partial charge on any atom is 0.0246 e. The molecule has 1 heterocycles.